The topological polar surface area (TPSA) is 101 Å². The van der Waals surface area contributed by atoms with E-state index in [4.69, 9.17) is 5.11 Å². The molecule has 0 bridgehead atoms. The molecule has 2 aromatic carbocycles. The molecule has 0 aliphatic carbocycles. The number of carbonyl (C=O) groups excluding carboxylic acids is 1. The number of esters is 1. The van der Waals surface area contributed by atoms with E-state index in [-0.39, 0.29) is 22.6 Å². The van der Waals surface area contributed by atoms with Crippen molar-refractivity contribution in [1.29, 1.82) is 0 Å². The average Bonchev–Trinajstić information content (AvgIpc) is 3.05. The van der Waals surface area contributed by atoms with E-state index in [0.717, 1.165) is 0 Å². The third-order valence-electron chi connectivity index (χ3n) is 4.11. The summed E-state index contributed by atoms with van der Waals surface area (Å²) in [4.78, 5) is 22.9. The van der Waals surface area contributed by atoms with E-state index in [2.05, 4.69) is 20.7 Å². The second-order valence-electron chi connectivity index (χ2n) is 5.61. The Bertz CT molecular complexity index is 1020. The van der Waals surface area contributed by atoms with Crippen molar-refractivity contribution in [3.05, 3.63) is 57.6 Å². The van der Waals surface area contributed by atoms with E-state index in [0.29, 0.717) is 22.1 Å². The molecule has 9 heteroatoms. The smallest absolute Gasteiger partial charge is 0.339 e. The van der Waals surface area contributed by atoms with Gasteiger partial charge < -0.3 is 9.84 Å². The number of carboxylic acid groups (broad SMARTS) is 1. The second kappa shape index (κ2) is 6.73. The van der Waals surface area contributed by atoms with E-state index in [9.17, 15) is 18.0 Å². The Morgan fingerprint density at radius 3 is 2.58 bits per heavy atom. The third-order valence-corrected chi connectivity index (χ3v) is 6.61. The van der Waals surface area contributed by atoms with Gasteiger partial charge in [0.15, 0.2) is 0 Å². The Balaban J connectivity index is 2.04. The number of nitrogens with zero attached hydrogens (tertiary/aromatic N) is 1. The molecule has 0 radical (unpaired) electrons. The first-order valence-corrected chi connectivity index (χ1v) is 9.76. The lowest BCUT2D eigenvalue weighted by atomic mass is 10.1. The highest BCUT2D eigenvalue weighted by atomic mass is 79.9. The van der Waals surface area contributed by atoms with E-state index in [1.54, 1.807) is 0 Å². The molecule has 1 aliphatic rings. The van der Waals surface area contributed by atoms with Gasteiger partial charge in [-0.25, -0.2) is 18.0 Å². The Hall–Kier alpha value is -2.39. The van der Waals surface area contributed by atoms with Gasteiger partial charge in [-0.3, -0.25) is 4.31 Å². The fraction of sp³-hybridized carbons (Fsp3) is 0.176. The van der Waals surface area contributed by atoms with Crippen LogP contribution in [0.25, 0.3) is 0 Å². The zero-order valence-corrected chi connectivity index (χ0v) is 16.0. The lowest BCUT2D eigenvalue weighted by Gasteiger charge is -2.20. The van der Waals surface area contributed by atoms with Crippen LogP contribution in [0.4, 0.5) is 5.69 Å². The molecule has 1 aliphatic heterocycles. The summed E-state index contributed by atoms with van der Waals surface area (Å²) in [5.41, 5.74) is 1.31. The van der Waals surface area contributed by atoms with Crippen molar-refractivity contribution in [1.82, 2.24) is 0 Å². The number of methoxy groups -OCH3 is 1. The van der Waals surface area contributed by atoms with Crippen molar-refractivity contribution < 1.29 is 27.9 Å². The van der Waals surface area contributed by atoms with Crippen LogP contribution in [-0.2, 0) is 21.2 Å². The number of aromatic carboxylic acids is 1. The maximum absolute atomic E-state index is 13.0. The van der Waals surface area contributed by atoms with Gasteiger partial charge in [-0.15, -0.1) is 0 Å². The number of benzene rings is 2. The largest absolute Gasteiger partial charge is 0.478 e. The predicted octanol–water partition coefficient (Wildman–Crippen LogP) is 2.69. The molecule has 0 atom stereocenters. The average molecular weight is 440 g/mol. The van der Waals surface area contributed by atoms with Crippen molar-refractivity contribution >= 4 is 43.6 Å². The molecule has 1 N–H and O–H groups in total. The predicted molar refractivity (Wildman–Crippen MR) is 97.1 cm³/mol. The Morgan fingerprint density at radius 1 is 1.19 bits per heavy atom. The minimum Gasteiger partial charge on any atom is -0.478 e. The number of carboxylic acids is 1. The van der Waals surface area contributed by atoms with Crippen LogP contribution < -0.4 is 4.31 Å². The zero-order chi connectivity index (χ0) is 19.1. The van der Waals surface area contributed by atoms with Crippen LogP contribution in [-0.4, -0.2) is 39.1 Å². The molecule has 0 aromatic heterocycles. The molecule has 26 heavy (non-hydrogen) atoms. The molecule has 0 saturated carbocycles. The first-order chi connectivity index (χ1) is 12.3. The van der Waals surface area contributed by atoms with Gasteiger partial charge >= 0.3 is 11.9 Å². The van der Waals surface area contributed by atoms with Crippen LogP contribution in [0.15, 0.2) is 45.8 Å². The lowest BCUT2D eigenvalue weighted by Crippen LogP contribution is -2.29. The fourth-order valence-corrected chi connectivity index (χ4v) is 4.75. The highest BCUT2D eigenvalue weighted by molar-refractivity contribution is 9.10. The lowest BCUT2D eigenvalue weighted by molar-refractivity contribution is 0.0598. The SMILES string of the molecule is COC(=O)c1cc(S(=O)(=O)N2CCc3cc(C(=O)O)ccc32)ccc1Br. The molecule has 0 amide bonds. The summed E-state index contributed by atoms with van der Waals surface area (Å²) in [6.45, 7) is 0.199. The van der Waals surface area contributed by atoms with E-state index in [1.165, 1.54) is 47.8 Å². The van der Waals surface area contributed by atoms with Crippen LogP contribution in [0.5, 0.6) is 0 Å². The molecule has 0 unspecified atom stereocenters. The fourth-order valence-electron chi connectivity index (χ4n) is 2.81. The minimum absolute atomic E-state index is 0.0451. The molecule has 136 valence electrons. The summed E-state index contributed by atoms with van der Waals surface area (Å²) >= 11 is 3.20. The third kappa shape index (κ3) is 3.08. The summed E-state index contributed by atoms with van der Waals surface area (Å²) < 4.78 is 32.4. The maximum Gasteiger partial charge on any atom is 0.339 e. The molecule has 0 fully saturated rings. The number of rotatable bonds is 4. The van der Waals surface area contributed by atoms with E-state index in [1.807, 2.05) is 0 Å². The summed E-state index contributed by atoms with van der Waals surface area (Å²) in [6, 6.07) is 8.47. The molecular formula is C17H14BrNO6S. The standard InChI is InChI=1S/C17H14BrNO6S/c1-25-17(22)13-9-12(3-4-14(13)18)26(23,24)19-7-6-10-8-11(16(20)21)2-5-15(10)19/h2-5,8-9H,6-7H2,1H3,(H,20,21). The number of anilines is 1. The molecular weight excluding hydrogens is 426 g/mol. The van der Waals surface area contributed by atoms with Crippen LogP contribution in [0, 0.1) is 0 Å². The van der Waals surface area contributed by atoms with E-state index >= 15 is 0 Å². The van der Waals surface area contributed by atoms with Gasteiger partial charge in [-0.2, -0.15) is 0 Å². The Morgan fingerprint density at radius 2 is 1.92 bits per heavy atom. The van der Waals surface area contributed by atoms with Gasteiger partial charge in [0.05, 0.1) is 28.8 Å². The first kappa shape index (κ1) is 18.4. The maximum atomic E-state index is 13.0. The molecule has 1 heterocycles. The normalized spacial score (nSPS) is 13.4. The molecule has 2 aromatic rings. The van der Waals surface area contributed by atoms with Crippen molar-refractivity contribution in [2.24, 2.45) is 0 Å². The number of carbonyl (C=O) groups is 2. The van der Waals surface area contributed by atoms with Gasteiger partial charge in [-0.1, -0.05) is 0 Å². The Kier molecular flexibility index (Phi) is 4.76. The monoisotopic (exact) mass is 439 g/mol. The Labute approximate surface area is 158 Å². The highest BCUT2D eigenvalue weighted by Crippen LogP contribution is 2.34. The molecule has 0 spiro atoms. The number of halogens is 1. The number of hydrogen-bond donors (Lipinski definition) is 1. The van der Waals surface area contributed by atoms with Crippen LogP contribution >= 0.6 is 15.9 Å². The number of fused-ring (bicyclic) bond motifs is 1. The van der Waals surface area contributed by atoms with Crippen molar-refractivity contribution in [2.45, 2.75) is 11.3 Å². The van der Waals surface area contributed by atoms with Crippen LogP contribution in [0.2, 0.25) is 0 Å². The number of hydrogen-bond acceptors (Lipinski definition) is 5. The summed E-state index contributed by atoms with van der Waals surface area (Å²) in [7, 11) is -2.69. The quantitative estimate of drug-likeness (QED) is 0.734. The van der Waals surface area contributed by atoms with Gasteiger partial charge in [0, 0.05) is 11.0 Å². The van der Waals surface area contributed by atoms with Crippen LogP contribution in [0.3, 0.4) is 0 Å². The van der Waals surface area contributed by atoms with Crippen LogP contribution in [0.1, 0.15) is 26.3 Å². The second-order valence-corrected chi connectivity index (χ2v) is 8.33. The highest BCUT2D eigenvalue weighted by Gasteiger charge is 2.32. The van der Waals surface area contributed by atoms with Gasteiger partial charge in [-0.05, 0) is 64.3 Å². The molecule has 3 rings (SSSR count). The summed E-state index contributed by atoms with van der Waals surface area (Å²) in [5.74, 6) is -1.72. The first-order valence-electron chi connectivity index (χ1n) is 7.52. The minimum atomic E-state index is -3.91. The van der Waals surface area contributed by atoms with Crippen molar-refractivity contribution in [3.63, 3.8) is 0 Å². The molecule has 0 saturated heterocycles. The molecule has 7 nitrogen and oxygen atoms in total. The van der Waals surface area contributed by atoms with Gasteiger partial charge in [0.25, 0.3) is 10.0 Å². The van der Waals surface area contributed by atoms with Crippen molar-refractivity contribution in [3.8, 4) is 0 Å². The summed E-state index contributed by atoms with van der Waals surface area (Å²) in [6.07, 6.45) is 0.413. The number of ether oxygens (including phenoxy) is 1. The number of sulfonamides is 1. The van der Waals surface area contributed by atoms with Gasteiger partial charge in [0.1, 0.15) is 0 Å². The van der Waals surface area contributed by atoms with E-state index < -0.39 is 22.0 Å². The zero-order valence-electron chi connectivity index (χ0n) is 13.6. The van der Waals surface area contributed by atoms with Gasteiger partial charge in [0.2, 0.25) is 0 Å². The van der Waals surface area contributed by atoms with Crippen molar-refractivity contribution in [2.75, 3.05) is 18.0 Å². The summed E-state index contributed by atoms with van der Waals surface area (Å²) in [5, 5.41) is 9.07.